The molecule has 508 valence electrons. The van der Waals surface area contributed by atoms with Gasteiger partial charge in [-0.15, -0.1) is 0 Å². The zero-order chi connectivity index (χ0) is 69.0. The van der Waals surface area contributed by atoms with E-state index < -0.39 is 84.9 Å². The standard InChI is InChI=1S/C68H90N10O14S2/c1-45(79)76-40-22-27-56(76)63(83)70-51(26-19-20-32-61(81)73(6)7)62(82)71-52(66(86)78-41-23-28-57(78)64(84)72-53(65(85)74(8)9)42-46-24-14-11-15-25-46)37-38-69-60(80)31-18-13-21-39-77-55-36-34-48(94(90,91)92)44-50(55)68(4,5)59(77)30-17-12-16-29-58-67(2,3)49-43-47(93(87,88)89)33-35-54(49)75(58)10/h11-12,14-17,20,24-25,29-30,32-36,43-44,51-53,56-57H,13,18-19,21-23,26-28,31,37-42H2,1-10H3,(H5-,69,70,71,72,80,82,83,84,87,88,89,90,91,92)/b32-20+/t51-,52-,53-,56-,57-/m0/s1. The molecule has 0 aliphatic carbocycles. The first kappa shape index (κ1) is 73.1. The Kier molecular flexibility index (Phi) is 24.3. The van der Waals surface area contributed by atoms with Gasteiger partial charge in [-0.25, -0.2) is 8.42 Å². The number of rotatable bonds is 28. The fourth-order valence-corrected chi connectivity index (χ4v) is 13.8. The van der Waals surface area contributed by atoms with Gasteiger partial charge in [0.05, 0.1) is 15.2 Å². The molecule has 4 heterocycles. The van der Waals surface area contributed by atoms with Gasteiger partial charge in [0.1, 0.15) is 47.4 Å². The Morgan fingerprint density at radius 1 is 0.734 bits per heavy atom. The van der Waals surface area contributed by atoms with Gasteiger partial charge in [-0.3, -0.25) is 42.9 Å². The minimum Gasteiger partial charge on any atom is -0.744 e. The lowest BCUT2D eigenvalue weighted by Gasteiger charge is -2.31. The summed E-state index contributed by atoms with van der Waals surface area (Å²) in [5.74, 6) is -3.77. The van der Waals surface area contributed by atoms with E-state index in [1.165, 1.54) is 56.9 Å². The molecule has 94 heavy (non-hydrogen) atoms. The maximum absolute atomic E-state index is 14.9. The number of nitrogens with zero attached hydrogens (tertiary/aromatic N) is 6. The van der Waals surface area contributed by atoms with E-state index in [4.69, 9.17) is 0 Å². The smallest absolute Gasteiger partial charge is 0.294 e. The van der Waals surface area contributed by atoms with E-state index in [9.17, 15) is 64.3 Å². The minimum absolute atomic E-state index is 0.000125. The number of amides is 8. The third kappa shape index (κ3) is 17.9. The van der Waals surface area contributed by atoms with Crippen molar-refractivity contribution in [3.8, 4) is 0 Å². The molecule has 4 aliphatic rings. The summed E-state index contributed by atoms with van der Waals surface area (Å²) < 4.78 is 72.4. The normalized spacial score (nSPS) is 18.9. The summed E-state index contributed by atoms with van der Waals surface area (Å²) in [6.07, 6.45) is 15.9. The van der Waals surface area contributed by atoms with Gasteiger partial charge in [-0.05, 0) is 125 Å². The van der Waals surface area contributed by atoms with Crippen LogP contribution in [0.25, 0.3) is 0 Å². The van der Waals surface area contributed by atoms with Crippen LogP contribution in [-0.4, -0.2) is 195 Å². The first-order valence-corrected chi connectivity index (χ1v) is 34.6. The highest BCUT2D eigenvalue weighted by Crippen LogP contribution is 2.49. The van der Waals surface area contributed by atoms with Crippen molar-refractivity contribution in [3.63, 3.8) is 0 Å². The zero-order valence-electron chi connectivity index (χ0n) is 55.3. The highest BCUT2D eigenvalue weighted by molar-refractivity contribution is 7.86. The van der Waals surface area contributed by atoms with E-state index in [2.05, 4.69) is 26.2 Å². The second-order valence-corrected chi connectivity index (χ2v) is 28.6. The molecule has 5 atom stereocenters. The van der Waals surface area contributed by atoms with Gasteiger partial charge >= 0.3 is 0 Å². The predicted molar refractivity (Wildman–Crippen MR) is 354 cm³/mol. The third-order valence-electron chi connectivity index (χ3n) is 17.9. The molecule has 5 N–H and O–H groups in total. The zero-order valence-corrected chi connectivity index (χ0v) is 57.0. The molecule has 0 bridgehead atoms. The number of hydrogen-bond donors (Lipinski definition) is 5. The second-order valence-electron chi connectivity index (χ2n) is 25.8. The molecule has 4 aliphatic heterocycles. The van der Waals surface area contributed by atoms with Crippen LogP contribution in [0.3, 0.4) is 0 Å². The molecular formula is C68H90N10O14S2. The fraction of sp³-hybridized carbons (Fsp3) is 0.485. The average Bonchev–Trinajstić information content (AvgIpc) is 1.60. The number of carbonyl (C=O) groups excluding carboxylic acids is 8. The number of likely N-dealkylation sites (tertiary alicyclic amines) is 2. The van der Waals surface area contributed by atoms with Gasteiger partial charge < -0.3 is 50.3 Å². The van der Waals surface area contributed by atoms with Gasteiger partial charge in [0.15, 0.2) is 5.71 Å². The van der Waals surface area contributed by atoms with Gasteiger partial charge in [-0.1, -0.05) is 74.9 Å². The van der Waals surface area contributed by atoms with Crippen molar-refractivity contribution >= 4 is 84.6 Å². The van der Waals surface area contributed by atoms with Gasteiger partial charge in [0.25, 0.3) is 10.1 Å². The number of likely N-dealkylation sites (N-methyl/N-ethyl adjacent to an activating group) is 2. The average molecular weight is 1340 g/mol. The molecule has 0 spiro atoms. The van der Waals surface area contributed by atoms with E-state index in [1.54, 1.807) is 46.4 Å². The number of nitrogens with one attached hydrogen (secondary N) is 4. The van der Waals surface area contributed by atoms with Crippen LogP contribution in [0.15, 0.2) is 125 Å². The highest BCUT2D eigenvalue weighted by Gasteiger charge is 2.45. The Morgan fingerprint density at radius 2 is 1.37 bits per heavy atom. The monoisotopic (exact) mass is 1330 g/mol. The molecular weight excluding hydrogens is 1240 g/mol. The Bertz CT molecular complexity index is 3760. The minimum atomic E-state index is -4.78. The Hall–Kier alpha value is -8.33. The lowest BCUT2D eigenvalue weighted by atomic mass is 9.81. The predicted octanol–water partition coefficient (Wildman–Crippen LogP) is 4.92. The van der Waals surface area contributed by atoms with Crippen LogP contribution in [0.1, 0.15) is 122 Å². The number of anilines is 1. The molecule has 2 fully saturated rings. The lowest BCUT2D eigenvalue weighted by Crippen LogP contribution is -2.59. The van der Waals surface area contributed by atoms with Crippen molar-refractivity contribution in [2.45, 2.75) is 162 Å². The molecule has 7 rings (SSSR count). The van der Waals surface area contributed by atoms with Crippen molar-refractivity contribution in [2.75, 3.05) is 66.3 Å². The maximum atomic E-state index is 14.9. The first-order chi connectivity index (χ1) is 44.2. The molecule has 0 saturated carbocycles. The molecule has 0 unspecified atom stereocenters. The summed E-state index contributed by atoms with van der Waals surface area (Å²) in [5.41, 5.74) is 4.01. The molecule has 26 heteroatoms. The van der Waals surface area contributed by atoms with Crippen molar-refractivity contribution in [1.29, 1.82) is 0 Å². The van der Waals surface area contributed by atoms with Crippen LogP contribution < -0.4 is 26.2 Å². The number of allylic oxidation sites excluding steroid dienone is 7. The second kappa shape index (κ2) is 31.3. The van der Waals surface area contributed by atoms with Crippen LogP contribution >= 0.6 is 0 Å². The van der Waals surface area contributed by atoms with E-state index in [0.717, 1.165) is 33.9 Å². The largest absolute Gasteiger partial charge is 0.744 e. The molecule has 0 radical (unpaired) electrons. The molecule has 2 saturated heterocycles. The summed E-state index contributed by atoms with van der Waals surface area (Å²) in [6, 6.07) is 12.6. The van der Waals surface area contributed by atoms with E-state index in [0.29, 0.717) is 57.2 Å². The highest BCUT2D eigenvalue weighted by atomic mass is 32.2. The Labute approximate surface area is 552 Å². The lowest BCUT2D eigenvalue weighted by molar-refractivity contribution is -0.401. The van der Waals surface area contributed by atoms with Crippen LogP contribution in [0, 0.1) is 0 Å². The molecule has 8 amide bonds. The van der Waals surface area contributed by atoms with Crippen LogP contribution in [0.4, 0.5) is 11.4 Å². The number of unbranched alkanes of at least 4 members (excludes halogenated alkanes) is 2. The maximum Gasteiger partial charge on any atom is 0.294 e. The van der Waals surface area contributed by atoms with Crippen molar-refractivity contribution in [1.82, 2.24) is 40.9 Å². The van der Waals surface area contributed by atoms with Crippen molar-refractivity contribution in [2.24, 2.45) is 0 Å². The van der Waals surface area contributed by atoms with E-state index in [-0.39, 0.29) is 85.0 Å². The summed E-state index contributed by atoms with van der Waals surface area (Å²) >= 11 is 0. The third-order valence-corrected chi connectivity index (χ3v) is 19.6. The van der Waals surface area contributed by atoms with Gasteiger partial charge in [-0.2, -0.15) is 13.0 Å². The number of carbonyl (C=O) groups is 8. The van der Waals surface area contributed by atoms with Crippen molar-refractivity contribution < 1.29 is 68.9 Å². The fourth-order valence-electron chi connectivity index (χ4n) is 12.8. The number of fused-ring (bicyclic) bond motifs is 2. The molecule has 3 aromatic rings. The molecule has 0 aromatic heterocycles. The first-order valence-electron chi connectivity index (χ1n) is 31.8. The van der Waals surface area contributed by atoms with Crippen LogP contribution in [-0.2, 0) is 75.8 Å². The molecule has 24 nitrogen and oxygen atoms in total. The summed E-state index contributed by atoms with van der Waals surface area (Å²) in [5, 5.41) is 11.4. The quantitative estimate of drug-likeness (QED) is 0.0212. The Balaban J connectivity index is 1.04. The topological polar surface area (TPSA) is 315 Å². The number of benzene rings is 3. The molecule has 3 aromatic carbocycles. The van der Waals surface area contributed by atoms with Gasteiger partial charge in [0, 0.05) is 109 Å². The van der Waals surface area contributed by atoms with Crippen LogP contribution in [0.5, 0.6) is 0 Å². The Morgan fingerprint density at radius 3 is 2.01 bits per heavy atom. The summed E-state index contributed by atoms with van der Waals surface area (Å²) in [6.45, 7) is 10.0. The van der Waals surface area contributed by atoms with Crippen LogP contribution in [0.2, 0.25) is 0 Å². The van der Waals surface area contributed by atoms with Crippen molar-refractivity contribution in [3.05, 3.63) is 132 Å². The van der Waals surface area contributed by atoms with E-state index in [1.807, 2.05) is 100 Å². The summed E-state index contributed by atoms with van der Waals surface area (Å²) in [7, 11) is -0.994. The van der Waals surface area contributed by atoms with E-state index >= 15 is 0 Å². The number of hydrogen-bond acceptors (Lipinski definition) is 14. The summed E-state index contributed by atoms with van der Waals surface area (Å²) in [4.78, 5) is 117. The SMILES string of the molecule is CC(=O)N1CCC[C@H]1C(=O)N[C@@H](CC/C=C/C(=O)N(C)C)C(=O)N[C@@H](CCNC(=O)CCCCCN1/C(=C/C=C/C=C/C2=[N+](C)c3ccc(S(=O)(=O)O)cc3C2(C)C)C(C)(C)c2cc(S(=O)(=O)[O-])ccc21)C(=O)N1CCC[C@H]1C(=O)N[C@@H](Cc1ccccc1)C(=O)N(C)C. The van der Waals surface area contributed by atoms with Gasteiger partial charge in [0.2, 0.25) is 52.9 Å².